The second-order valence-corrected chi connectivity index (χ2v) is 4.21. The topological polar surface area (TPSA) is 17.4 Å². The van der Waals surface area contributed by atoms with E-state index in [1.807, 2.05) is 12.1 Å². The number of fused-ring (bicyclic) bond motifs is 1. The fourth-order valence-electron chi connectivity index (χ4n) is 1.88. The minimum atomic E-state index is 0.946. The highest BCUT2D eigenvalue weighted by molar-refractivity contribution is 5.85. The van der Waals surface area contributed by atoms with Crippen molar-refractivity contribution in [3.63, 3.8) is 0 Å². The van der Waals surface area contributed by atoms with Gasteiger partial charge in [0.2, 0.25) is 0 Å². The van der Waals surface area contributed by atoms with Crippen LogP contribution in [0.2, 0.25) is 0 Å². The Morgan fingerprint density at radius 3 is 2.75 bits per heavy atom. The van der Waals surface area contributed by atoms with Gasteiger partial charge in [-0.2, -0.15) is 0 Å². The van der Waals surface area contributed by atoms with E-state index in [2.05, 4.69) is 41.9 Å². The number of rotatable bonds is 4. The molecular weight excluding hydrogens is 200 g/mol. The summed E-state index contributed by atoms with van der Waals surface area (Å²) in [5.41, 5.74) is 1.19. The van der Waals surface area contributed by atoms with Crippen LogP contribution in [0.3, 0.4) is 0 Å². The Balaban J connectivity index is 2.38. The first-order chi connectivity index (χ1) is 7.72. The van der Waals surface area contributed by atoms with Crippen LogP contribution in [0.25, 0.3) is 10.9 Å². The number of ether oxygens (including phenoxy) is 1. The number of likely N-dealkylation sites (N-methyl/N-ethyl adjacent to an activating group) is 1. The van der Waals surface area contributed by atoms with Crippen LogP contribution in [0.15, 0.2) is 30.5 Å². The molecule has 0 fully saturated rings. The summed E-state index contributed by atoms with van der Waals surface area (Å²) in [6.07, 6.45) is 2.12. The molecule has 0 radical (unpaired) electrons. The normalized spacial score (nSPS) is 11.2. The summed E-state index contributed by atoms with van der Waals surface area (Å²) in [5.74, 6) is 0.946. The Bertz CT molecular complexity index is 474. The Morgan fingerprint density at radius 1 is 1.25 bits per heavy atom. The van der Waals surface area contributed by atoms with E-state index in [4.69, 9.17) is 4.74 Å². The molecule has 0 amide bonds. The summed E-state index contributed by atoms with van der Waals surface area (Å²) >= 11 is 0. The van der Waals surface area contributed by atoms with Gasteiger partial charge in [-0.3, -0.25) is 0 Å². The van der Waals surface area contributed by atoms with Gasteiger partial charge in [0, 0.05) is 24.7 Å². The molecule has 0 N–H and O–H groups in total. The molecule has 0 spiro atoms. The van der Waals surface area contributed by atoms with Crippen LogP contribution < -0.4 is 4.74 Å². The summed E-state index contributed by atoms with van der Waals surface area (Å²) in [7, 11) is 5.89. The van der Waals surface area contributed by atoms with Gasteiger partial charge in [0.25, 0.3) is 0 Å². The van der Waals surface area contributed by atoms with Crippen molar-refractivity contribution in [2.45, 2.75) is 6.54 Å². The summed E-state index contributed by atoms with van der Waals surface area (Å²) in [4.78, 5) is 2.18. The average molecular weight is 218 g/mol. The molecule has 0 saturated carbocycles. The van der Waals surface area contributed by atoms with E-state index in [0.29, 0.717) is 0 Å². The number of hydrogen-bond donors (Lipinski definition) is 0. The minimum Gasteiger partial charge on any atom is -0.495 e. The maximum absolute atomic E-state index is 5.40. The third-order valence-corrected chi connectivity index (χ3v) is 2.76. The van der Waals surface area contributed by atoms with Gasteiger partial charge in [-0.15, -0.1) is 0 Å². The van der Waals surface area contributed by atoms with E-state index in [-0.39, 0.29) is 0 Å². The fraction of sp³-hybridized carbons (Fsp3) is 0.385. The van der Waals surface area contributed by atoms with Crippen molar-refractivity contribution in [2.75, 3.05) is 27.7 Å². The van der Waals surface area contributed by atoms with Crippen LogP contribution >= 0.6 is 0 Å². The molecular formula is C13H18N2O. The molecule has 3 nitrogen and oxygen atoms in total. The first kappa shape index (κ1) is 11.0. The molecule has 2 aromatic rings. The lowest BCUT2D eigenvalue weighted by Gasteiger charge is -2.12. The molecule has 0 unspecified atom stereocenters. The largest absolute Gasteiger partial charge is 0.495 e. The number of aromatic nitrogens is 1. The van der Waals surface area contributed by atoms with E-state index in [0.717, 1.165) is 18.8 Å². The highest BCUT2D eigenvalue weighted by Crippen LogP contribution is 2.26. The second kappa shape index (κ2) is 4.58. The van der Waals surface area contributed by atoms with Gasteiger partial charge in [-0.25, -0.2) is 0 Å². The maximum Gasteiger partial charge on any atom is 0.143 e. The Hall–Kier alpha value is -1.48. The quantitative estimate of drug-likeness (QED) is 0.783. The molecule has 1 aromatic carbocycles. The molecule has 0 atom stereocenters. The van der Waals surface area contributed by atoms with Gasteiger partial charge in [0.15, 0.2) is 0 Å². The van der Waals surface area contributed by atoms with E-state index < -0.39 is 0 Å². The standard InChI is InChI=1S/C13H18N2O/c1-14(2)9-10-15-8-7-11-5-4-6-12(16-3)13(11)15/h4-8H,9-10H2,1-3H3. The zero-order chi connectivity index (χ0) is 11.5. The van der Waals surface area contributed by atoms with E-state index in [9.17, 15) is 0 Å². The van der Waals surface area contributed by atoms with Crippen LogP contribution in [-0.4, -0.2) is 37.2 Å². The Labute approximate surface area is 96.2 Å². The van der Waals surface area contributed by atoms with Crippen molar-refractivity contribution in [3.05, 3.63) is 30.5 Å². The van der Waals surface area contributed by atoms with Crippen LogP contribution in [-0.2, 0) is 6.54 Å². The molecule has 1 heterocycles. The van der Waals surface area contributed by atoms with Gasteiger partial charge < -0.3 is 14.2 Å². The molecule has 86 valence electrons. The average Bonchev–Trinajstić information content (AvgIpc) is 2.69. The van der Waals surface area contributed by atoms with Crippen LogP contribution in [0.4, 0.5) is 0 Å². The van der Waals surface area contributed by atoms with Gasteiger partial charge in [0.05, 0.1) is 12.6 Å². The van der Waals surface area contributed by atoms with Crippen molar-refractivity contribution in [3.8, 4) is 5.75 Å². The van der Waals surface area contributed by atoms with E-state index >= 15 is 0 Å². The van der Waals surface area contributed by atoms with E-state index in [1.165, 1.54) is 10.9 Å². The number of nitrogens with zero attached hydrogens (tertiary/aromatic N) is 2. The SMILES string of the molecule is COc1cccc2ccn(CCN(C)C)c12. The molecule has 2 rings (SSSR count). The second-order valence-electron chi connectivity index (χ2n) is 4.21. The van der Waals surface area contributed by atoms with Crippen LogP contribution in [0, 0.1) is 0 Å². The van der Waals surface area contributed by atoms with Gasteiger partial charge in [0.1, 0.15) is 5.75 Å². The van der Waals surface area contributed by atoms with E-state index in [1.54, 1.807) is 7.11 Å². The summed E-state index contributed by atoms with van der Waals surface area (Å²) < 4.78 is 7.64. The Kier molecular flexibility index (Phi) is 3.15. The van der Waals surface area contributed by atoms with Gasteiger partial charge >= 0.3 is 0 Å². The van der Waals surface area contributed by atoms with Crippen molar-refractivity contribution >= 4 is 10.9 Å². The van der Waals surface area contributed by atoms with Crippen molar-refractivity contribution < 1.29 is 4.74 Å². The lowest BCUT2D eigenvalue weighted by molar-refractivity contribution is 0.383. The number of benzene rings is 1. The smallest absolute Gasteiger partial charge is 0.143 e. The Morgan fingerprint density at radius 2 is 2.06 bits per heavy atom. The first-order valence-corrected chi connectivity index (χ1v) is 5.49. The number of para-hydroxylation sites is 1. The molecule has 16 heavy (non-hydrogen) atoms. The molecule has 0 aliphatic heterocycles. The number of methoxy groups -OCH3 is 1. The lowest BCUT2D eigenvalue weighted by Crippen LogP contribution is -2.18. The van der Waals surface area contributed by atoms with Crippen molar-refractivity contribution in [1.82, 2.24) is 9.47 Å². The number of hydrogen-bond acceptors (Lipinski definition) is 2. The summed E-state index contributed by atoms with van der Waals surface area (Å²) in [6, 6.07) is 8.28. The van der Waals surface area contributed by atoms with Crippen LogP contribution in [0.5, 0.6) is 5.75 Å². The zero-order valence-electron chi connectivity index (χ0n) is 10.1. The van der Waals surface area contributed by atoms with Gasteiger partial charge in [-0.1, -0.05) is 12.1 Å². The molecule has 0 aliphatic rings. The highest BCUT2D eigenvalue weighted by atomic mass is 16.5. The van der Waals surface area contributed by atoms with Gasteiger partial charge in [-0.05, 0) is 26.2 Å². The van der Waals surface area contributed by atoms with Crippen LogP contribution in [0.1, 0.15) is 0 Å². The zero-order valence-corrected chi connectivity index (χ0v) is 10.1. The summed E-state index contributed by atoms with van der Waals surface area (Å²) in [5, 5.41) is 1.23. The molecule has 1 aromatic heterocycles. The lowest BCUT2D eigenvalue weighted by atomic mass is 10.2. The van der Waals surface area contributed by atoms with Crippen molar-refractivity contribution in [2.24, 2.45) is 0 Å². The predicted molar refractivity (Wildman–Crippen MR) is 67.0 cm³/mol. The third-order valence-electron chi connectivity index (χ3n) is 2.76. The monoisotopic (exact) mass is 218 g/mol. The van der Waals surface area contributed by atoms with Crippen molar-refractivity contribution in [1.29, 1.82) is 0 Å². The fourth-order valence-corrected chi connectivity index (χ4v) is 1.88. The first-order valence-electron chi connectivity index (χ1n) is 5.49. The highest BCUT2D eigenvalue weighted by Gasteiger charge is 2.06. The molecule has 0 saturated heterocycles. The third kappa shape index (κ3) is 2.04. The minimum absolute atomic E-state index is 0.946. The molecule has 3 heteroatoms. The molecule has 0 bridgehead atoms. The molecule has 0 aliphatic carbocycles. The summed E-state index contributed by atoms with van der Waals surface area (Å²) in [6.45, 7) is 2.01. The predicted octanol–water partition coefficient (Wildman–Crippen LogP) is 2.21. The maximum atomic E-state index is 5.40.